The Morgan fingerprint density at radius 3 is 2.88 bits per heavy atom. The number of nitrogen functional groups attached to an aromatic ring is 1. The fourth-order valence-corrected chi connectivity index (χ4v) is 2.58. The van der Waals surface area contributed by atoms with Crippen LogP contribution in [0.25, 0.3) is 0 Å². The van der Waals surface area contributed by atoms with Gasteiger partial charge in [0.25, 0.3) is 0 Å². The Balaban J connectivity index is 2.30. The van der Waals surface area contributed by atoms with Gasteiger partial charge in [-0.3, -0.25) is 4.98 Å². The lowest BCUT2D eigenvalue weighted by molar-refractivity contribution is -0.0276. The van der Waals surface area contributed by atoms with Crippen LogP contribution in [0, 0.1) is 0 Å². The molecule has 1 saturated heterocycles. The van der Waals surface area contributed by atoms with E-state index in [0.29, 0.717) is 5.69 Å². The molecule has 0 unspecified atom stereocenters. The summed E-state index contributed by atoms with van der Waals surface area (Å²) in [6.45, 7) is 6.59. The third-order valence-electron chi connectivity index (χ3n) is 2.64. The summed E-state index contributed by atoms with van der Waals surface area (Å²) in [6.07, 6.45) is 3.46. The highest BCUT2D eigenvalue weighted by Gasteiger charge is 2.29. The van der Waals surface area contributed by atoms with Crippen molar-refractivity contribution in [3.63, 3.8) is 0 Å². The molecular formula is C11H16BrN3O. The average molecular weight is 286 g/mol. The van der Waals surface area contributed by atoms with Crippen LogP contribution in [0.3, 0.4) is 0 Å². The second kappa shape index (κ2) is 4.22. The maximum atomic E-state index is 5.97. The average Bonchev–Trinajstić information content (AvgIpc) is 2.15. The van der Waals surface area contributed by atoms with Crippen LogP contribution >= 0.6 is 15.9 Å². The van der Waals surface area contributed by atoms with E-state index in [0.717, 1.165) is 29.9 Å². The number of rotatable bonds is 1. The Labute approximate surface area is 104 Å². The summed E-state index contributed by atoms with van der Waals surface area (Å²) in [5.74, 6) is 0. The van der Waals surface area contributed by atoms with Gasteiger partial charge in [-0.15, -0.1) is 0 Å². The lowest BCUT2D eigenvalue weighted by Crippen LogP contribution is -2.48. The zero-order valence-electron chi connectivity index (χ0n) is 9.53. The Morgan fingerprint density at radius 1 is 1.50 bits per heavy atom. The van der Waals surface area contributed by atoms with E-state index >= 15 is 0 Å². The van der Waals surface area contributed by atoms with Crippen molar-refractivity contribution in [2.45, 2.75) is 19.4 Å². The minimum atomic E-state index is -0.132. The van der Waals surface area contributed by atoms with Crippen molar-refractivity contribution >= 4 is 27.3 Å². The van der Waals surface area contributed by atoms with Gasteiger partial charge in [0.05, 0.1) is 34.3 Å². The Hall–Kier alpha value is -0.810. The summed E-state index contributed by atoms with van der Waals surface area (Å²) < 4.78 is 6.62. The van der Waals surface area contributed by atoms with Crippen LogP contribution in [-0.2, 0) is 4.74 Å². The van der Waals surface area contributed by atoms with Gasteiger partial charge in [-0.1, -0.05) is 0 Å². The van der Waals surface area contributed by atoms with Crippen molar-refractivity contribution in [2.75, 3.05) is 30.3 Å². The number of aromatic nitrogens is 1. The number of nitrogens with two attached hydrogens (primary N) is 1. The van der Waals surface area contributed by atoms with E-state index in [2.05, 4.69) is 39.7 Å². The molecule has 0 saturated carbocycles. The number of hydrogen-bond acceptors (Lipinski definition) is 4. The zero-order valence-corrected chi connectivity index (χ0v) is 11.1. The number of ether oxygens (including phenoxy) is 1. The molecule has 0 radical (unpaired) electrons. The van der Waals surface area contributed by atoms with Gasteiger partial charge in [-0.2, -0.15) is 0 Å². The van der Waals surface area contributed by atoms with Crippen molar-refractivity contribution in [1.29, 1.82) is 0 Å². The third-order valence-corrected chi connectivity index (χ3v) is 3.22. The molecule has 1 aromatic heterocycles. The monoisotopic (exact) mass is 285 g/mol. The first-order valence-electron chi connectivity index (χ1n) is 5.27. The predicted octanol–water partition coefficient (Wildman–Crippen LogP) is 2.04. The summed E-state index contributed by atoms with van der Waals surface area (Å²) in [5, 5.41) is 0. The molecule has 1 aliphatic heterocycles. The standard InChI is InChI=1S/C11H16BrN3O/c1-11(2)7-15(3-4-16-11)10-8(12)5-14-6-9(10)13/h5-6H,3-4,7,13H2,1-2H3. The van der Waals surface area contributed by atoms with Crippen LogP contribution in [0.15, 0.2) is 16.9 Å². The second-order valence-electron chi connectivity index (χ2n) is 4.59. The maximum Gasteiger partial charge on any atom is 0.0801 e. The SMILES string of the molecule is CC1(C)CN(c2c(N)cncc2Br)CCO1. The zero-order chi connectivity index (χ0) is 11.8. The van der Waals surface area contributed by atoms with Gasteiger partial charge in [-0.05, 0) is 29.8 Å². The van der Waals surface area contributed by atoms with Crippen molar-refractivity contribution in [3.05, 3.63) is 16.9 Å². The molecule has 0 spiro atoms. The van der Waals surface area contributed by atoms with Gasteiger partial charge in [0, 0.05) is 19.3 Å². The first-order valence-corrected chi connectivity index (χ1v) is 6.07. The molecule has 0 aromatic carbocycles. The quantitative estimate of drug-likeness (QED) is 0.858. The highest BCUT2D eigenvalue weighted by molar-refractivity contribution is 9.10. The molecular weight excluding hydrogens is 270 g/mol. The molecule has 88 valence electrons. The molecule has 1 fully saturated rings. The van der Waals surface area contributed by atoms with E-state index in [1.807, 2.05) is 0 Å². The Kier molecular flexibility index (Phi) is 3.08. The Morgan fingerprint density at radius 2 is 2.25 bits per heavy atom. The fourth-order valence-electron chi connectivity index (χ4n) is 1.98. The molecule has 2 N–H and O–H groups in total. The fraction of sp³-hybridized carbons (Fsp3) is 0.545. The van der Waals surface area contributed by atoms with E-state index in [1.165, 1.54) is 0 Å². The van der Waals surface area contributed by atoms with E-state index in [4.69, 9.17) is 10.5 Å². The third kappa shape index (κ3) is 2.30. The van der Waals surface area contributed by atoms with Gasteiger partial charge in [0.2, 0.25) is 0 Å². The number of halogens is 1. The first-order chi connectivity index (χ1) is 7.49. The van der Waals surface area contributed by atoms with Crippen molar-refractivity contribution in [1.82, 2.24) is 4.98 Å². The van der Waals surface area contributed by atoms with E-state index in [1.54, 1.807) is 12.4 Å². The molecule has 0 aliphatic carbocycles. The largest absolute Gasteiger partial charge is 0.396 e. The molecule has 0 amide bonds. The molecule has 1 aromatic rings. The van der Waals surface area contributed by atoms with E-state index in [9.17, 15) is 0 Å². The summed E-state index contributed by atoms with van der Waals surface area (Å²) in [7, 11) is 0. The lowest BCUT2D eigenvalue weighted by Gasteiger charge is -2.40. The number of hydrogen-bond donors (Lipinski definition) is 1. The molecule has 16 heavy (non-hydrogen) atoms. The van der Waals surface area contributed by atoms with Crippen molar-refractivity contribution in [2.24, 2.45) is 0 Å². The van der Waals surface area contributed by atoms with Crippen molar-refractivity contribution < 1.29 is 4.74 Å². The van der Waals surface area contributed by atoms with Gasteiger partial charge in [0.1, 0.15) is 0 Å². The molecule has 5 heteroatoms. The van der Waals surface area contributed by atoms with Gasteiger partial charge in [0.15, 0.2) is 0 Å². The number of anilines is 2. The molecule has 2 rings (SSSR count). The molecule has 0 atom stereocenters. The highest BCUT2D eigenvalue weighted by Crippen LogP contribution is 2.33. The van der Waals surface area contributed by atoms with Gasteiger partial charge < -0.3 is 15.4 Å². The maximum absolute atomic E-state index is 5.97. The van der Waals surface area contributed by atoms with E-state index < -0.39 is 0 Å². The minimum absolute atomic E-state index is 0.132. The topological polar surface area (TPSA) is 51.4 Å². The van der Waals surface area contributed by atoms with Crippen LogP contribution in [0.1, 0.15) is 13.8 Å². The summed E-state index contributed by atoms with van der Waals surface area (Å²) in [4.78, 5) is 6.29. The van der Waals surface area contributed by atoms with Crippen molar-refractivity contribution in [3.8, 4) is 0 Å². The molecule has 2 heterocycles. The molecule has 4 nitrogen and oxygen atoms in total. The van der Waals surface area contributed by atoms with E-state index in [-0.39, 0.29) is 5.60 Å². The van der Waals surface area contributed by atoms with Crippen LogP contribution in [-0.4, -0.2) is 30.3 Å². The lowest BCUT2D eigenvalue weighted by atomic mass is 10.1. The Bertz CT molecular complexity index is 375. The number of pyridine rings is 1. The van der Waals surface area contributed by atoms with Crippen LogP contribution in [0.2, 0.25) is 0 Å². The highest BCUT2D eigenvalue weighted by atomic mass is 79.9. The summed E-state index contributed by atoms with van der Waals surface area (Å²) >= 11 is 3.50. The van der Waals surface area contributed by atoms with Crippen LogP contribution in [0.4, 0.5) is 11.4 Å². The van der Waals surface area contributed by atoms with Crippen LogP contribution in [0.5, 0.6) is 0 Å². The molecule has 0 bridgehead atoms. The second-order valence-corrected chi connectivity index (χ2v) is 5.44. The number of nitrogens with zero attached hydrogens (tertiary/aromatic N) is 2. The first kappa shape index (κ1) is 11.7. The van der Waals surface area contributed by atoms with Gasteiger partial charge in [-0.25, -0.2) is 0 Å². The number of morpholine rings is 1. The minimum Gasteiger partial charge on any atom is -0.396 e. The van der Waals surface area contributed by atoms with Crippen LogP contribution < -0.4 is 10.6 Å². The smallest absolute Gasteiger partial charge is 0.0801 e. The normalized spacial score (nSPS) is 19.8. The summed E-state index contributed by atoms with van der Waals surface area (Å²) in [5.41, 5.74) is 7.56. The predicted molar refractivity (Wildman–Crippen MR) is 68.6 cm³/mol. The van der Waals surface area contributed by atoms with Gasteiger partial charge >= 0.3 is 0 Å². The summed E-state index contributed by atoms with van der Waals surface area (Å²) in [6, 6.07) is 0. The molecule has 1 aliphatic rings.